The molecule has 2 aromatic rings. The van der Waals surface area contributed by atoms with Gasteiger partial charge in [0.05, 0.1) is 12.6 Å². The van der Waals surface area contributed by atoms with E-state index in [0.29, 0.717) is 36.1 Å². The van der Waals surface area contributed by atoms with Gasteiger partial charge in [-0.3, -0.25) is 0 Å². The Bertz CT molecular complexity index is 557. The third kappa shape index (κ3) is 3.15. The van der Waals surface area contributed by atoms with E-state index in [9.17, 15) is 4.39 Å². The highest BCUT2D eigenvalue weighted by atomic mass is 19.1. The summed E-state index contributed by atoms with van der Waals surface area (Å²) < 4.78 is 23.5. The largest absolute Gasteiger partial charge is 0.380 e. The second-order valence-electron chi connectivity index (χ2n) is 4.19. The number of halogens is 1. The van der Waals surface area contributed by atoms with Crippen LogP contribution in [0.1, 0.15) is 24.4 Å². The molecule has 0 fully saturated rings. The summed E-state index contributed by atoms with van der Waals surface area (Å²) in [5.41, 5.74) is 7.05. The molecule has 1 atom stereocenters. The number of hydrogen-bond donors (Lipinski definition) is 1. The lowest BCUT2D eigenvalue weighted by atomic mass is 10.1. The molecule has 1 aromatic heterocycles. The first-order valence-electron chi connectivity index (χ1n) is 6.05. The summed E-state index contributed by atoms with van der Waals surface area (Å²) in [7, 11) is 0. The van der Waals surface area contributed by atoms with Gasteiger partial charge in [0.15, 0.2) is 5.82 Å². The molecule has 0 aliphatic rings. The molecule has 0 aliphatic heterocycles. The van der Waals surface area contributed by atoms with Gasteiger partial charge in [-0.05, 0) is 37.6 Å². The highest BCUT2D eigenvalue weighted by Crippen LogP contribution is 2.21. The fourth-order valence-electron chi connectivity index (χ4n) is 1.60. The minimum Gasteiger partial charge on any atom is -0.380 e. The van der Waals surface area contributed by atoms with Crippen LogP contribution in [-0.2, 0) is 4.74 Å². The van der Waals surface area contributed by atoms with Gasteiger partial charge in [0.25, 0.3) is 5.89 Å². The van der Waals surface area contributed by atoms with Gasteiger partial charge in [-0.2, -0.15) is 4.98 Å². The minimum atomic E-state index is -0.431. The SMILES string of the molecule is CCOCC(N)c1noc(-c2ccc(F)c(C)c2)n1. The van der Waals surface area contributed by atoms with Crippen LogP contribution in [0.2, 0.25) is 0 Å². The van der Waals surface area contributed by atoms with Crippen molar-refractivity contribution in [1.29, 1.82) is 0 Å². The van der Waals surface area contributed by atoms with Gasteiger partial charge in [0.1, 0.15) is 5.82 Å². The van der Waals surface area contributed by atoms with Gasteiger partial charge in [-0.1, -0.05) is 5.16 Å². The highest BCUT2D eigenvalue weighted by Gasteiger charge is 2.15. The van der Waals surface area contributed by atoms with Crippen molar-refractivity contribution < 1.29 is 13.7 Å². The van der Waals surface area contributed by atoms with Crippen molar-refractivity contribution >= 4 is 0 Å². The van der Waals surface area contributed by atoms with Crippen LogP contribution >= 0.6 is 0 Å². The Morgan fingerprint density at radius 1 is 1.47 bits per heavy atom. The summed E-state index contributed by atoms with van der Waals surface area (Å²) in [4.78, 5) is 4.20. The van der Waals surface area contributed by atoms with E-state index in [1.807, 2.05) is 6.92 Å². The topological polar surface area (TPSA) is 74.2 Å². The average Bonchev–Trinajstić information content (AvgIpc) is 2.89. The Labute approximate surface area is 110 Å². The van der Waals surface area contributed by atoms with Crippen molar-refractivity contribution in [3.63, 3.8) is 0 Å². The molecule has 0 amide bonds. The molecule has 0 saturated carbocycles. The zero-order chi connectivity index (χ0) is 13.8. The second-order valence-corrected chi connectivity index (χ2v) is 4.19. The number of hydrogen-bond acceptors (Lipinski definition) is 5. The van der Waals surface area contributed by atoms with Gasteiger partial charge in [0, 0.05) is 12.2 Å². The Morgan fingerprint density at radius 3 is 2.95 bits per heavy atom. The summed E-state index contributed by atoms with van der Waals surface area (Å²) in [5.74, 6) is 0.437. The first-order valence-corrected chi connectivity index (χ1v) is 6.05. The summed E-state index contributed by atoms with van der Waals surface area (Å²) >= 11 is 0. The lowest BCUT2D eigenvalue weighted by Crippen LogP contribution is -2.18. The zero-order valence-electron chi connectivity index (χ0n) is 10.9. The Morgan fingerprint density at radius 2 is 2.26 bits per heavy atom. The molecule has 0 radical (unpaired) electrons. The van der Waals surface area contributed by atoms with Crippen molar-refractivity contribution in [3.05, 3.63) is 35.4 Å². The van der Waals surface area contributed by atoms with Crippen LogP contribution < -0.4 is 5.73 Å². The number of aryl methyl sites for hydroxylation is 1. The summed E-state index contributed by atoms with van der Waals surface area (Å²) in [6.07, 6.45) is 0. The minimum absolute atomic E-state index is 0.267. The van der Waals surface area contributed by atoms with E-state index >= 15 is 0 Å². The molecule has 5 nitrogen and oxygen atoms in total. The van der Waals surface area contributed by atoms with Crippen molar-refractivity contribution in [2.24, 2.45) is 5.73 Å². The Hall–Kier alpha value is -1.79. The molecular formula is C13H16FN3O2. The number of nitrogens with zero attached hydrogens (tertiary/aromatic N) is 2. The first kappa shape index (κ1) is 13.6. The molecule has 1 heterocycles. The van der Waals surface area contributed by atoms with Gasteiger partial charge in [0.2, 0.25) is 0 Å². The van der Waals surface area contributed by atoms with Crippen LogP contribution in [0.4, 0.5) is 4.39 Å². The lowest BCUT2D eigenvalue weighted by Gasteiger charge is -2.05. The third-order valence-corrected chi connectivity index (χ3v) is 2.68. The van der Waals surface area contributed by atoms with E-state index in [1.165, 1.54) is 6.07 Å². The quantitative estimate of drug-likeness (QED) is 0.897. The number of nitrogens with two attached hydrogens (primary N) is 1. The smallest absolute Gasteiger partial charge is 0.257 e. The van der Waals surface area contributed by atoms with E-state index < -0.39 is 6.04 Å². The molecule has 6 heteroatoms. The average molecular weight is 265 g/mol. The van der Waals surface area contributed by atoms with E-state index in [4.69, 9.17) is 15.0 Å². The monoisotopic (exact) mass is 265 g/mol. The van der Waals surface area contributed by atoms with E-state index in [1.54, 1.807) is 19.1 Å². The number of ether oxygens (including phenoxy) is 1. The molecular weight excluding hydrogens is 249 g/mol. The number of rotatable bonds is 5. The van der Waals surface area contributed by atoms with Crippen LogP contribution in [0.3, 0.4) is 0 Å². The van der Waals surface area contributed by atoms with Gasteiger partial charge in [-0.15, -0.1) is 0 Å². The fraction of sp³-hybridized carbons (Fsp3) is 0.385. The molecule has 0 aliphatic carbocycles. The molecule has 0 saturated heterocycles. The predicted molar refractivity (Wildman–Crippen MR) is 67.9 cm³/mol. The molecule has 2 N–H and O–H groups in total. The molecule has 0 spiro atoms. The maximum Gasteiger partial charge on any atom is 0.257 e. The molecule has 1 unspecified atom stereocenters. The standard InChI is InChI=1S/C13H16FN3O2/c1-3-18-7-11(15)12-16-13(19-17-12)9-4-5-10(14)8(2)6-9/h4-6,11H,3,7,15H2,1-2H3. The van der Waals surface area contributed by atoms with Crippen molar-refractivity contribution in [1.82, 2.24) is 10.1 Å². The second kappa shape index (κ2) is 5.90. The first-order chi connectivity index (χ1) is 9.11. The number of benzene rings is 1. The normalized spacial score (nSPS) is 12.6. The van der Waals surface area contributed by atoms with Crippen molar-refractivity contribution in [3.8, 4) is 11.5 Å². The summed E-state index contributed by atoms with van der Waals surface area (Å²) in [6, 6.07) is 4.18. The molecule has 1 aromatic carbocycles. The molecule has 2 rings (SSSR count). The predicted octanol–water partition coefficient (Wildman–Crippen LogP) is 2.22. The van der Waals surface area contributed by atoms with Crippen LogP contribution in [-0.4, -0.2) is 23.4 Å². The molecule has 0 bridgehead atoms. The van der Waals surface area contributed by atoms with Crippen LogP contribution in [0.5, 0.6) is 0 Å². The van der Waals surface area contributed by atoms with Crippen LogP contribution in [0.25, 0.3) is 11.5 Å². The van der Waals surface area contributed by atoms with E-state index in [-0.39, 0.29) is 5.82 Å². The van der Waals surface area contributed by atoms with Gasteiger partial charge >= 0.3 is 0 Å². The van der Waals surface area contributed by atoms with Gasteiger partial charge in [-0.25, -0.2) is 4.39 Å². The maximum absolute atomic E-state index is 13.2. The van der Waals surface area contributed by atoms with Crippen molar-refractivity contribution in [2.45, 2.75) is 19.9 Å². The van der Waals surface area contributed by atoms with Crippen LogP contribution in [0, 0.1) is 12.7 Å². The summed E-state index contributed by atoms with van der Waals surface area (Å²) in [6.45, 7) is 4.47. The molecule has 102 valence electrons. The van der Waals surface area contributed by atoms with E-state index in [0.717, 1.165) is 0 Å². The Balaban J connectivity index is 2.18. The highest BCUT2D eigenvalue weighted by molar-refractivity contribution is 5.54. The fourth-order valence-corrected chi connectivity index (χ4v) is 1.60. The van der Waals surface area contributed by atoms with Crippen LogP contribution in [0.15, 0.2) is 22.7 Å². The summed E-state index contributed by atoms with van der Waals surface area (Å²) in [5, 5.41) is 3.81. The number of aromatic nitrogens is 2. The lowest BCUT2D eigenvalue weighted by molar-refractivity contribution is 0.130. The van der Waals surface area contributed by atoms with Crippen molar-refractivity contribution in [2.75, 3.05) is 13.2 Å². The molecule has 19 heavy (non-hydrogen) atoms. The third-order valence-electron chi connectivity index (χ3n) is 2.68. The Kier molecular flexibility index (Phi) is 4.24. The zero-order valence-corrected chi connectivity index (χ0v) is 10.9. The van der Waals surface area contributed by atoms with E-state index in [2.05, 4.69) is 10.1 Å². The van der Waals surface area contributed by atoms with Gasteiger partial charge < -0.3 is 15.0 Å². The maximum atomic E-state index is 13.2.